The Kier molecular flexibility index (Phi) is 6.56. The second-order valence-electron chi connectivity index (χ2n) is 7.58. The topological polar surface area (TPSA) is 41.6 Å². The monoisotopic (exact) mass is 394 g/mol. The van der Waals surface area contributed by atoms with Crippen molar-refractivity contribution in [3.63, 3.8) is 0 Å². The first-order valence-corrected chi connectivity index (χ1v) is 11.1. The molecule has 0 saturated carbocycles. The summed E-state index contributed by atoms with van der Waals surface area (Å²) in [5.41, 5.74) is 1.90. The number of thiophene rings is 1. The number of ether oxygens (including phenoxy) is 1. The summed E-state index contributed by atoms with van der Waals surface area (Å²) in [5.74, 6) is -0.242. The standard InChI is InChI=1S/C20H30N2O2S2/c1-13-9-8-10-14(2)22(13)20(25)21-18-17(19(23)24-3)15-11-6-4-5-7-12-16(15)26-18/h13-14H,4-12H2,1-3H3,(H,21,25). The summed E-state index contributed by atoms with van der Waals surface area (Å²) in [6.07, 6.45) is 10.4. The van der Waals surface area contributed by atoms with Crippen molar-refractivity contribution >= 4 is 39.6 Å². The van der Waals surface area contributed by atoms with Crippen molar-refractivity contribution in [3.8, 4) is 0 Å². The van der Waals surface area contributed by atoms with Crippen LogP contribution in [0.3, 0.4) is 0 Å². The predicted molar refractivity (Wildman–Crippen MR) is 112 cm³/mol. The van der Waals surface area contributed by atoms with Crippen LogP contribution in [-0.2, 0) is 17.6 Å². The molecule has 144 valence electrons. The second kappa shape index (κ2) is 8.70. The molecule has 1 aromatic heterocycles. The highest BCUT2D eigenvalue weighted by Crippen LogP contribution is 2.38. The molecule has 1 aliphatic heterocycles. The average Bonchev–Trinajstić information content (AvgIpc) is 2.90. The zero-order valence-corrected chi connectivity index (χ0v) is 17.7. The van der Waals surface area contributed by atoms with Crippen LogP contribution in [0.2, 0.25) is 0 Å². The second-order valence-corrected chi connectivity index (χ2v) is 9.07. The van der Waals surface area contributed by atoms with Crippen LogP contribution < -0.4 is 5.32 Å². The molecule has 26 heavy (non-hydrogen) atoms. The number of hydrogen-bond acceptors (Lipinski definition) is 4. The summed E-state index contributed by atoms with van der Waals surface area (Å²) < 4.78 is 5.11. The molecule has 0 amide bonds. The number of nitrogens with one attached hydrogen (secondary N) is 1. The zero-order chi connectivity index (χ0) is 18.7. The van der Waals surface area contributed by atoms with Gasteiger partial charge in [-0.2, -0.15) is 0 Å². The quantitative estimate of drug-likeness (QED) is 0.555. The van der Waals surface area contributed by atoms with E-state index in [2.05, 4.69) is 24.1 Å². The highest BCUT2D eigenvalue weighted by Gasteiger charge is 2.30. The Morgan fingerprint density at radius 3 is 2.42 bits per heavy atom. The van der Waals surface area contributed by atoms with Crippen molar-refractivity contribution in [3.05, 3.63) is 16.0 Å². The fraction of sp³-hybridized carbons (Fsp3) is 0.700. The number of rotatable bonds is 2. The first-order chi connectivity index (χ1) is 12.5. The third kappa shape index (κ3) is 4.06. The Morgan fingerprint density at radius 1 is 1.12 bits per heavy atom. The number of thiocarbonyl (C=S) groups is 1. The van der Waals surface area contributed by atoms with Gasteiger partial charge in [0.1, 0.15) is 5.00 Å². The molecule has 6 heteroatoms. The Hall–Kier alpha value is -1.14. The van der Waals surface area contributed by atoms with E-state index in [1.807, 2.05) is 0 Å². The van der Waals surface area contributed by atoms with Gasteiger partial charge in [0.2, 0.25) is 0 Å². The van der Waals surface area contributed by atoms with E-state index in [1.165, 1.54) is 43.2 Å². The molecule has 3 rings (SSSR count). The van der Waals surface area contributed by atoms with E-state index in [1.54, 1.807) is 11.3 Å². The van der Waals surface area contributed by atoms with Gasteiger partial charge in [0.15, 0.2) is 5.11 Å². The van der Waals surface area contributed by atoms with E-state index >= 15 is 0 Å². The number of carbonyl (C=O) groups is 1. The lowest BCUT2D eigenvalue weighted by molar-refractivity contribution is 0.0601. The lowest BCUT2D eigenvalue weighted by Crippen LogP contribution is -2.49. The zero-order valence-electron chi connectivity index (χ0n) is 16.1. The van der Waals surface area contributed by atoms with E-state index < -0.39 is 0 Å². The number of aryl methyl sites for hydroxylation is 1. The van der Waals surface area contributed by atoms with Gasteiger partial charge in [-0.1, -0.05) is 12.8 Å². The molecule has 2 unspecified atom stereocenters. The molecule has 1 aromatic rings. The molecular weight excluding hydrogens is 364 g/mol. The fourth-order valence-electron chi connectivity index (χ4n) is 4.31. The van der Waals surface area contributed by atoms with E-state index in [0.29, 0.717) is 17.6 Å². The van der Waals surface area contributed by atoms with Gasteiger partial charge in [0.05, 0.1) is 12.7 Å². The molecule has 0 bridgehead atoms. The van der Waals surface area contributed by atoms with Gasteiger partial charge in [0.25, 0.3) is 0 Å². The van der Waals surface area contributed by atoms with Gasteiger partial charge in [-0.3, -0.25) is 0 Å². The number of piperidine rings is 1. The highest BCUT2D eigenvalue weighted by molar-refractivity contribution is 7.80. The molecule has 1 fully saturated rings. The van der Waals surface area contributed by atoms with Gasteiger partial charge in [-0.05, 0) is 76.6 Å². The van der Waals surface area contributed by atoms with Crippen LogP contribution in [0.15, 0.2) is 0 Å². The number of fused-ring (bicyclic) bond motifs is 1. The third-order valence-electron chi connectivity index (χ3n) is 5.71. The van der Waals surface area contributed by atoms with Gasteiger partial charge in [-0.25, -0.2) is 4.79 Å². The number of methoxy groups -OCH3 is 1. The lowest BCUT2D eigenvalue weighted by Gasteiger charge is -2.40. The summed E-state index contributed by atoms with van der Waals surface area (Å²) >= 11 is 7.45. The first-order valence-electron chi connectivity index (χ1n) is 9.85. The minimum atomic E-state index is -0.242. The molecule has 1 aliphatic carbocycles. The summed E-state index contributed by atoms with van der Waals surface area (Å²) in [7, 11) is 1.46. The Labute approximate surface area is 166 Å². The van der Waals surface area contributed by atoms with Gasteiger partial charge in [0, 0.05) is 17.0 Å². The number of carbonyl (C=O) groups excluding carboxylic acids is 1. The van der Waals surface area contributed by atoms with Crippen LogP contribution in [-0.4, -0.2) is 35.2 Å². The number of hydrogen-bond donors (Lipinski definition) is 1. The van der Waals surface area contributed by atoms with Crippen molar-refractivity contribution in [2.24, 2.45) is 0 Å². The van der Waals surface area contributed by atoms with Crippen LogP contribution >= 0.6 is 23.6 Å². The normalized spacial score (nSPS) is 23.6. The number of anilines is 1. The van der Waals surface area contributed by atoms with Crippen molar-refractivity contribution in [2.75, 3.05) is 12.4 Å². The van der Waals surface area contributed by atoms with Crippen molar-refractivity contribution in [1.29, 1.82) is 0 Å². The van der Waals surface area contributed by atoms with Gasteiger partial charge in [-0.15, -0.1) is 11.3 Å². The van der Waals surface area contributed by atoms with E-state index in [4.69, 9.17) is 17.0 Å². The molecule has 1 saturated heterocycles. The van der Waals surface area contributed by atoms with Crippen molar-refractivity contribution in [2.45, 2.75) is 83.7 Å². The molecule has 2 aliphatic rings. The lowest BCUT2D eigenvalue weighted by atomic mass is 9.96. The molecule has 0 aromatic carbocycles. The molecule has 0 spiro atoms. The first kappa shape index (κ1) is 19.6. The van der Waals surface area contributed by atoms with E-state index in [-0.39, 0.29) is 5.97 Å². The van der Waals surface area contributed by atoms with Gasteiger partial charge < -0.3 is 15.0 Å². The highest BCUT2D eigenvalue weighted by atomic mass is 32.1. The number of nitrogens with zero attached hydrogens (tertiary/aromatic N) is 1. The smallest absolute Gasteiger partial charge is 0.341 e. The minimum absolute atomic E-state index is 0.242. The largest absolute Gasteiger partial charge is 0.465 e. The summed E-state index contributed by atoms with van der Waals surface area (Å²) in [6, 6.07) is 0.864. The number of likely N-dealkylation sites (tertiary alicyclic amines) is 1. The summed E-state index contributed by atoms with van der Waals surface area (Å²) in [5, 5.41) is 5.04. The maximum absolute atomic E-state index is 12.5. The maximum Gasteiger partial charge on any atom is 0.341 e. The van der Waals surface area contributed by atoms with Crippen LogP contribution in [0.5, 0.6) is 0 Å². The van der Waals surface area contributed by atoms with E-state index in [0.717, 1.165) is 42.2 Å². The summed E-state index contributed by atoms with van der Waals surface area (Å²) in [6.45, 7) is 4.47. The van der Waals surface area contributed by atoms with Crippen molar-refractivity contribution in [1.82, 2.24) is 4.90 Å². The maximum atomic E-state index is 12.5. The van der Waals surface area contributed by atoms with Crippen LogP contribution in [0.25, 0.3) is 0 Å². The Balaban J connectivity index is 1.89. The molecular formula is C20H30N2O2S2. The predicted octanol–water partition coefficient (Wildman–Crippen LogP) is 5.15. The van der Waals surface area contributed by atoms with E-state index in [9.17, 15) is 4.79 Å². The molecule has 1 N–H and O–H groups in total. The van der Waals surface area contributed by atoms with Gasteiger partial charge >= 0.3 is 5.97 Å². The molecule has 4 nitrogen and oxygen atoms in total. The molecule has 2 atom stereocenters. The SMILES string of the molecule is COC(=O)c1c(NC(=S)N2C(C)CCCC2C)sc2c1CCCCCC2. The average molecular weight is 395 g/mol. The Bertz CT molecular complexity index is 661. The number of esters is 1. The van der Waals surface area contributed by atoms with Crippen LogP contribution in [0, 0.1) is 0 Å². The minimum Gasteiger partial charge on any atom is -0.465 e. The molecule has 0 radical (unpaired) electrons. The summed E-state index contributed by atoms with van der Waals surface area (Å²) in [4.78, 5) is 16.2. The third-order valence-corrected chi connectivity index (χ3v) is 7.23. The fourth-order valence-corrected chi connectivity index (χ4v) is 6.11. The van der Waals surface area contributed by atoms with Crippen LogP contribution in [0.4, 0.5) is 5.00 Å². The Morgan fingerprint density at radius 2 is 1.77 bits per heavy atom. The van der Waals surface area contributed by atoms with Crippen LogP contribution in [0.1, 0.15) is 79.6 Å². The van der Waals surface area contributed by atoms with Crippen molar-refractivity contribution < 1.29 is 9.53 Å². The molecule has 2 heterocycles.